The number of halogens is 1. The number of fused-ring (bicyclic) bond motifs is 5. The highest BCUT2D eigenvalue weighted by Gasteiger charge is 2.45. The van der Waals surface area contributed by atoms with Crippen LogP contribution in [0.25, 0.3) is 0 Å². The Balaban J connectivity index is 0.000000122. The number of benzene rings is 11. The quantitative estimate of drug-likeness (QED) is 0.0521. The first-order chi connectivity index (χ1) is 69.3. The van der Waals surface area contributed by atoms with E-state index in [0.717, 1.165) is 185 Å². The van der Waals surface area contributed by atoms with Crippen LogP contribution in [0.5, 0.6) is 11.5 Å². The van der Waals surface area contributed by atoms with Crippen molar-refractivity contribution in [3.05, 3.63) is 349 Å². The normalized spacial score (nSPS) is 23.3. The second-order valence-corrected chi connectivity index (χ2v) is 41.5. The van der Waals surface area contributed by atoms with Crippen molar-refractivity contribution in [2.75, 3.05) is 103 Å². The Morgan fingerprint density at radius 3 is 1.08 bits per heavy atom. The maximum Gasteiger partial charge on any atom is 0.255 e. The summed E-state index contributed by atoms with van der Waals surface area (Å²) in [7, 11) is 0. The van der Waals surface area contributed by atoms with Crippen LogP contribution in [0.4, 0.5) is 28.4 Å². The van der Waals surface area contributed by atoms with Crippen molar-refractivity contribution in [2.24, 2.45) is 5.73 Å². The molecule has 8 saturated heterocycles. The second kappa shape index (κ2) is 43.3. The lowest BCUT2D eigenvalue weighted by Crippen LogP contribution is -2.52. The maximum atomic E-state index is 13.1. The standard InChI is InChI=1S/C45H49N5O4.C30H33NO2.C27H27NO2.C18H22N4O3.ClH/c51-37-12-15-39-31(27-37)8-13-38(29-4-2-1-3-5-29)43(39)30-6-9-35(10-7-30)48-22-18-33(19-23-48)46-34-20-24-49(25-21-34)36-11-14-40-32(26-36)28-50(45(40)54)41-16-17-42(52)47-44(41)53;1-22-7-13-28-25(21-22)10-14-27(23-5-3-2-4-6-23)29(28)24-8-11-26(12-9-24)31-17-15-30(16-18-31)32-19-20-33-30;29-23-14-16-28(17-15-23)22-9-6-20(7-10-22)27-25(19-4-2-1-3-5-19)12-8-21-18-24(30)11-13-26(21)27;19-12-5-7-21(8-6-12)13-1-2-14-11(9-13)10-22(18(14)25)15-3-4-16(23)20-17(15)24;/h1-7,9-12,14-15,26-27,33-34,38,41,43,46,51H,8,13,16-25,28H2,(H,47,52,53);2-9,11-13,21,27,29H,10,14-20H2,1H3;1-7,9-11,13,18,25,27,30H,8,12,14-17H2;1-2,9,12,15H,3-8,10,19H2,(H,20,23,24);1H/t38-,41?,43+;27-,29+;25-,27+;;/m111../s1. The summed E-state index contributed by atoms with van der Waals surface area (Å²) < 4.78 is 11.8. The molecule has 22 nitrogen and oxygen atoms in total. The molecule has 1 spiro atoms. The van der Waals surface area contributed by atoms with Gasteiger partial charge in [0.25, 0.3) is 11.8 Å². The third-order valence-electron chi connectivity index (χ3n) is 32.9. The summed E-state index contributed by atoms with van der Waals surface area (Å²) in [6.45, 7) is 13.9. The molecule has 740 valence electrons. The zero-order valence-corrected chi connectivity index (χ0v) is 82.6. The average Bonchev–Trinajstić information content (AvgIpc) is 1.56. The van der Waals surface area contributed by atoms with Crippen molar-refractivity contribution < 1.29 is 53.2 Å². The van der Waals surface area contributed by atoms with Crippen LogP contribution in [0.15, 0.2) is 255 Å². The molecule has 0 bridgehead atoms. The lowest BCUT2D eigenvalue weighted by molar-refractivity contribution is -0.169. The Hall–Kier alpha value is -13.0. The second-order valence-electron chi connectivity index (χ2n) is 41.5. The van der Waals surface area contributed by atoms with Gasteiger partial charge in [-0.2, -0.15) is 0 Å². The fourth-order valence-electron chi connectivity index (χ4n) is 25.2. The summed E-state index contributed by atoms with van der Waals surface area (Å²) in [4.78, 5) is 100. The molecule has 23 heteroatoms. The molecule has 143 heavy (non-hydrogen) atoms. The average molecular weight is 1940 g/mol. The van der Waals surface area contributed by atoms with Gasteiger partial charge in [-0.3, -0.25) is 44.2 Å². The minimum Gasteiger partial charge on any atom is -0.508 e. The third-order valence-corrected chi connectivity index (χ3v) is 32.9. The number of piperidine rings is 7. The van der Waals surface area contributed by atoms with E-state index in [4.69, 9.17) is 15.2 Å². The van der Waals surface area contributed by atoms with Crippen molar-refractivity contribution in [2.45, 2.75) is 220 Å². The monoisotopic (exact) mass is 1940 g/mol. The van der Waals surface area contributed by atoms with Gasteiger partial charge in [0.15, 0.2) is 5.79 Å². The number of phenolic OH excluding ortho intramolecular Hbond substituents is 2. The highest BCUT2D eigenvalue weighted by Crippen LogP contribution is 2.52. The number of nitrogens with two attached hydrogens (primary N) is 1. The summed E-state index contributed by atoms with van der Waals surface area (Å²) in [5.74, 6) is 1.48. The number of carbonyl (C=O) groups excluding carboxylic acids is 7. The highest BCUT2D eigenvalue weighted by molar-refractivity contribution is 6.07. The smallest absolute Gasteiger partial charge is 0.255 e. The molecule has 10 aliphatic heterocycles. The van der Waals surface area contributed by atoms with Crippen LogP contribution >= 0.6 is 12.4 Å². The van der Waals surface area contributed by atoms with Crippen LogP contribution in [0.2, 0.25) is 0 Å². The molecule has 0 radical (unpaired) electrons. The van der Waals surface area contributed by atoms with E-state index >= 15 is 0 Å². The number of carbonyl (C=O) groups is 7. The molecule has 8 atom stereocenters. The lowest BCUT2D eigenvalue weighted by Gasteiger charge is -2.39. The van der Waals surface area contributed by atoms with Crippen LogP contribution in [-0.2, 0) is 65.8 Å². The minimum atomic E-state index is -0.587. The van der Waals surface area contributed by atoms with E-state index in [1.807, 2.05) is 48.5 Å². The maximum absolute atomic E-state index is 13.1. The molecule has 7 N–H and O–H groups in total. The van der Waals surface area contributed by atoms with E-state index in [1.165, 1.54) is 95.8 Å². The first kappa shape index (κ1) is 97.5. The topological polar surface area (TPSA) is 263 Å². The number of aryl methyl sites for hydroxylation is 4. The molecular formula is C120H132ClN11O11. The van der Waals surface area contributed by atoms with Gasteiger partial charge in [-0.1, -0.05) is 163 Å². The first-order valence-corrected chi connectivity index (χ1v) is 52.1. The molecule has 8 fully saturated rings. The van der Waals surface area contributed by atoms with E-state index in [2.05, 4.69) is 254 Å². The molecule has 2 unspecified atom stereocenters. The molecule has 24 rings (SSSR count). The Bertz CT molecular complexity index is 6400. The summed E-state index contributed by atoms with van der Waals surface area (Å²) in [5, 5.41) is 28.9. The molecule has 0 saturated carbocycles. The van der Waals surface area contributed by atoms with Gasteiger partial charge in [-0.15, -0.1) is 12.4 Å². The highest BCUT2D eigenvalue weighted by atomic mass is 35.5. The zero-order valence-electron chi connectivity index (χ0n) is 81.8. The fraction of sp³-hybridized carbons (Fsp3) is 0.392. The van der Waals surface area contributed by atoms with E-state index in [-0.39, 0.29) is 84.4 Å². The number of hydrogen-bond donors (Lipinski definition) is 6. The number of ketones is 1. The third kappa shape index (κ3) is 21.4. The Labute approximate surface area is 845 Å². The van der Waals surface area contributed by atoms with Gasteiger partial charge in [0.1, 0.15) is 29.4 Å². The number of aromatic hydroxyl groups is 2. The van der Waals surface area contributed by atoms with Gasteiger partial charge in [0.2, 0.25) is 23.6 Å². The van der Waals surface area contributed by atoms with Crippen molar-refractivity contribution >= 4 is 82.1 Å². The number of phenols is 2. The molecule has 0 aromatic heterocycles. The minimum absolute atomic E-state index is 0. The van der Waals surface area contributed by atoms with Crippen molar-refractivity contribution in [1.29, 1.82) is 0 Å². The first-order valence-electron chi connectivity index (χ1n) is 52.1. The zero-order chi connectivity index (χ0) is 97.1. The van der Waals surface area contributed by atoms with E-state index in [9.17, 15) is 43.8 Å². The van der Waals surface area contributed by atoms with E-state index in [0.29, 0.717) is 103 Å². The number of Topliss-reactive ketones (excluding diaryl/α,β-unsaturated/α-hetero) is 1. The molecule has 10 heterocycles. The number of rotatable bonds is 15. The van der Waals surface area contributed by atoms with Crippen LogP contribution in [0, 0.1) is 6.92 Å². The predicted molar refractivity (Wildman–Crippen MR) is 563 cm³/mol. The SMILES string of the molecule is Cc1ccc2c(c1)CC[C@H](c1ccccc1)[C@@H]2c1ccc(N2CCC3(CC2)OCCO3)cc1.Cl.NC1CCN(c2ccc3c(c2)CN(C2CCC(=O)NC2=O)C3=O)CC1.O=C1CCC(N2Cc3cc(N4CCC(NC5CCN(c6ccc([C@@H]7c8ccc(O)cc8CC[C@@H]7c7ccccc7)cc6)CC5)CC4)ccc3C2=O)C(=O)N1.O=C1CCN(c2ccc([C@@H]3c4ccc(O)cc4CC[C@@H]3c3ccccc3)cc2)CC1. The number of nitrogens with one attached hydrogen (secondary N) is 3. The predicted octanol–water partition coefficient (Wildman–Crippen LogP) is 18.7. The van der Waals surface area contributed by atoms with Crippen molar-refractivity contribution in [1.82, 2.24) is 25.8 Å². The van der Waals surface area contributed by atoms with Gasteiger partial charge < -0.3 is 65.0 Å². The number of anilines is 5. The number of hydrogen-bond acceptors (Lipinski definition) is 18. The van der Waals surface area contributed by atoms with Crippen LogP contribution in [-0.4, -0.2) is 176 Å². The van der Waals surface area contributed by atoms with Gasteiger partial charge in [0.05, 0.1) is 13.2 Å². The summed E-state index contributed by atoms with van der Waals surface area (Å²) in [6, 6.07) is 91.4. The van der Waals surface area contributed by atoms with Crippen molar-refractivity contribution in [3.63, 3.8) is 0 Å². The Morgan fingerprint density at radius 1 is 0.343 bits per heavy atom. The van der Waals surface area contributed by atoms with Gasteiger partial charge in [0, 0.05) is 193 Å². The van der Waals surface area contributed by atoms with Gasteiger partial charge in [-0.05, 0) is 290 Å². The molecular weight excluding hydrogens is 1810 g/mol. The van der Waals surface area contributed by atoms with Crippen LogP contribution in [0.1, 0.15) is 249 Å². The van der Waals surface area contributed by atoms with Crippen LogP contribution < -0.4 is 46.2 Å². The molecule has 3 aliphatic carbocycles. The molecule has 11 aromatic rings. The van der Waals surface area contributed by atoms with E-state index < -0.39 is 12.1 Å². The lowest BCUT2D eigenvalue weighted by atomic mass is 9.69. The van der Waals surface area contributed by atoms with Crippen molar-refractivity contribution in [3.8, 4) is 11.5 Å². The largest absolute Gasteiger partial charge is 0.508 e. The Morgan fingerprint density at radius 2 is 0.692 bits per heavy atom. The Kier molecular flexibility index (Phi) is 29.5. The van der Waals surface area contributed by atoms with Gasteiger partial charge >= 0.3 is 0 Å². The summed E-state index contributed by atoms with van der Waals surface area (Å²) in [6.07, 6.45) is 17.3. The number of ether oxygens (including phenoxy) is 2. The molecule has 6 amide bonds. The summed E-state index contributed by atoms with van der Waals surface area (Å²) in [5.41, 5.74) is 33.1. The molecule has 11 aromatic carbocycles. The number of nitrogens with zero attached hydrogens (tertiary/aromatic N) is 7. The number of amides is 6. The fourth-order valence-corrected chi connectivity index (χ4v) is 25.2. The summed E-state index contributed by atoms with van der Waals surface area (Å²) >= 11 is 0. The van der Waals surface area contributed by atoms with Crippen LogP contribution in [0.3, 0.4) is 0 Å². The van der Waals surface area contributed by atoms with Gasteiger partial charge in [-0.25, -0.2) is 0 Å². The van der Waals surface area contributed by atoms with E-state index in [1.54, 1.807) is 9.80 Å². The number of imide groups is 2. The molecule has 13 aliphatic rings.